The average molecular weight is 1380 g/mol. The molecule has 0 radical (unpaired) electrons. The van der Waals surface area contributed by atoms with Gasteiger partial charge in [0.25, 0.3) is 0 Å². The highest BCUT2D eigenvalue weighted by atomic mass is 35.5. The summed E-state index contributed by atoms with van der Waals surface area (Å²) in [5, 5.41) is 20.9. The van der Waals surface area contributed by atoms with E-state index >= 15 is 0 Å². The van der Waals surface area contributed by atoms with Crippen LogP contribution in [-0.2, 0) is 28.5 Å². The highest BCUT2D eigenvalue weighted by Crippen LogP contribution is 2.36. The van der Waals surface area contributed by atoms with E-state index in [9.17, 15) is 53.5 Å². The van der Waals surface area contributed by atoms with E-state index in [1.54, 1.807) is 54.8 Å². The summed E-state index contributed by atoms with van der Waals surface area (Å²) >= 11 is 23.3. The minimum absolute atomic E-state index is 0. The van der Waals surface area contributed by atoms with Crippen molar-refractivity contribution in [1.82, 2.24) is 20.0 Å². The Labute approximate surface area is 542 Å². The molecule has 0 saturated carbocycles. The van der Waals surface area contributed by atoms with E-state index in [0.29, 0.717) is 49.1 Å². The highest BCUT2D eigenvalue weighted by Gasteiger charge is 2.49. The minimum Gasteiger partial charge on any atom is -0.444 e. The standard InChI is InChI=1S/C16H21ClFNO2.C16H19ClFNO2.C11H13ClFN.C11H16F3NO5S.C6H5BClFO2.ClH/c2*1-16(2,3)21-15(20)19-9-7-11(8-10-19)12-5-4-6-13(18)14(12)17;12-11-9(2-1-3-10(11)13)8-4-6-14-7-5-8;1-10(2,3)19-9(16)15-6-4-8(5-7-15)20-21(17,18)11(12,13)14;8-6-4(7(10)11)2-1-3-5(6)9;/h4-6,11H,7-10H2,1-3H3;4-7H,8-10H2,1-3H3;1-3,8,14H,4-7H2;4H,5-7H2,1-3H3;1-3,10-11H;1H. The molecule has 3 N–H and O–H groups in total. The van der Waals surface area contributed by atoms with Crippen LogP contribution >= 0.6 is 58.8 Å². The number of halogens is 12. The first-order chi connectivity index (χ1) is 40.8. The maximum atomic E-state index is 13.5. The van der Waals surface area contributed by atoms with Gasteiger partial charge in [-0.05, 0) is 172 Å². The summed E-state index contributed by atoms with van der Waals surface area (Å²) in [6.45, 7) is 20.2. The van der Waals surface area contributed by atoms with Crippen LogP contribution in [0.4, 0.5) is 45.1 Å². The maximum Gasteiger partial charge on any atom is 0.534 e. The number of hydrogen-bond acceptors (Lipinski definition) is 12. The van der Waals surface area contributed by atoms with Gasteiger partial charge in [0.05, 0.1) is 20.1 Å². The van der Waals surface area contributed by atoms with Gasteiger partial charge >= 0.3 is 41.0 Å². The number of alkyl halides is 3. The Bertz CT molecular complexity index is 3190. The van der Waals surface area contributed by atoms with Crippen LogP contribution in [0.1, 0.15) is 129 Å². The summed E-state index contributed by atoms with van der Waals surface area (Å²) in [4.78, 5) is 40.2. The molecule has 4 aliphatic rings. The number of nitrogens with one attached hydrogen (secondary N) is 1. The number of carbonyl (C=O) groups is 3. The molecule has 4 aromatic carbocycles. The lowest BCUT2D eigenvalue weighted by Gasteiger charge is -2.33. The molecule has 15 nitrogen and oxygen atoms in total. The van der Waals surface area contributed by atoms with E-state index in [1.165, 1.54) is 35.2 Å². The Morgan fingerprint density at radius 2 is 0.944 bits per heavy atom. The zero-order valence-corrected chi connectivity index (χ0v) is 55.3. The van der Waals surface area contributed by atoms with Gasteiger partial charge in [0, 0.05) is 51.2 Å². The van der Waals surface area contributed by atoms with Gasteiger partial charge in [-0.3, -0.25) is 0 Å². The predicted octanol–water partition coefficient (Wildman–Crippen LogP) is 15.0. The number of benzene rings is 4. The molecule has 2 fully saturated rings. The summed E-state index contributed by atoms with van der Waals surface area (Å²) in [7, 11) is -7.39. The summed E-state index contributed by atoms with van der Waals surface area (Å²) in [5.41, 5.74) is -3.74. The minimum atomic E-state index is -5.67. The SMILES string of the molecule is CC(C)(C)OC(=O)N1CC=C(OS(=O)(=O)C(F)(F)F)CC1.CC(C)(C)OC(=O)N1CC=C(c2cccc(F)c2Cl)CC1.CC(C)(C)OC(=O)N1CCC(c2cccc(F)c2Cl)CC1.Cl.Fc1cccc(C2CCNCC2)c1Cl.OB(O)c1cccc(F)c1Cl. The summed E-state index contributed by atoms with van der Waals surface area (Å²) < 4.78 is 131. The third kappa shape index (κ3) is 25.4. The van der Waals surface area contributed by atoms with Gasteiger partial charge < -0.3 is 48.5 Å². The lowest BCUT2D eigenvalue weighted by Crippen LogP contribution is -2.41. The Balaban J connectivity index is 0.000000295. The summed E-state index contributed by atoms with van der Waals surface area (Å²) in [6.07, 6.45) is 5.87. The number of piperidine rings is 2. The molecule has 4 heterocycles. The van der Waals surface area contributed by atoms with Crippen molar-refractivity contribution < 1.29 is 82.0 Å². The topological polar surface area (TPSA) is 184 Å². The second kappa shape index (κ2) is 34.5. The normalized spacial score (nSPS) is 15.9. The number of ether oxygens (including phenoxy) is 3. The molecular weight excluding hydrogens is 1310 g/mol. The zero-order chi connectivity index (χ0) is 66.1. The van der Waals surface area contributed by atoms with Crippen LogP contribution in [0.2, 0.25) is 20.1 Å². The smallest absolute Gasteiger partial charge is 0.444 e. The van der Waals surface area contributed by atoms with Crippen molar-refractivity contribution >= 4 is 105 Å². The monoisotopic (exact) mass is 1380 g/mol. The number of amides is 3. The van der Waals surface area contributed by atoms with Crippen molar-refractivity contribution in [2.24, 2.45) is 0 Å². The van der Waals surface area contributed by atoms with Gasteiger partial charge in [-0.1, -0.05) is 101 Å². The molecule has 3 amide bonds. The van der Waals surface area contributed by atoms with Crippen molar-refractivity contribution in [3.05, 3.63) is 151 Å². The lowest BCUT2D eigenvalue weighted by molar-refractivity contribution is -0.0526. The second-order valence-corrected chi connectivity index (χ2v) is 26.5. The van der Waals surface area contributed by atoms with E-state index in [-0.39, 0.29) is 87.9 Å². The van der Waals surface area contributed by atoms with Crippen LogP contribution in [-0.4, -0.2) is 133 Å². The van der Waals surface area contributed by atoms with E-state index in [2.05, 4.69) is 9.50 Å². The van der Waals surface area contributed by atoms with Gasteiger partial charge in [-0.25, -0.2) is 31.9 Å². The average Bonchev–Trinajstić information content (AvgIpc) is 1.26. The molecule has 0 bridgehead atoms. The van der Waals surface area contributed by atoms with Crippen LogP contribution in [0.3, 0.4) is 0 Å². The van der Waals surface area contributed by atoms with Gasteiger partial charge in [0.1, 0.15) is 45.8 Å². The number of nitrogens with zero attached hydrogens (tertiary/aromatic N) is 3. The number of hydrogen-bond donors (Lipinski definition) is 3. The van der Waals surface area contributed by atoms with E-state index in [1.807, 2.05) is 59.8 Å². The second-order valence-electron chi connectivity index (χ2n) is 23.4. The fourth-order valence-corrected chi connectivity index (χ4v) is 10.3. The van der Waals surface area contributed by atoms with Crippen LogP contribution in [0.5, 0.6) is 0 Å². The molecular formula is C60H75BCl5F7N4O11S. The molecule has 89 heavy (non-hydrogen) atoms. The molecule has 0 aromatic heterocycles. The summed E-state index contributed by atoms with van der Waals surface area (Å²) in [5.74, 6) is -1.51. The zero-order valence-electron chi connectivity index (χ0n) is 50.6. The van der Waals surface area contributed by atoms with Crippen LogP contribution in [0, 0.1) is 23.3 Å². The van der Waals surface area contributed by atoms with E-state index in [0.717, 1.165) is 67.6 Å². The Morgan fingerprint density at radius 1 is 0.551 bits per heavy atom. The van der Waals surface area contributed by atoms with Gasteiger partial charge in [-0.15, -0.1) is 12.4 Å². The molecule has 2 saturated heterocycles. The molecule has 29 heteroatoms. The van der Waals surface area contributed by atoms with Crippen LogP contribution in [0.15, 0.2) is 90.7 Å². The Hall–Kier alpha value is -5.18. The number of likely N-dealkylation sites (tertiary alicyclic amines) is 1. The fourth-order valence-electron chi connectivity index (χ4n) is 8.79. The fraction of sp³-hybridized carbons (Fsp3) is 0.483. The van der Waals surface area contributed by atoms with Crippen molar-refractivity contribution in [1.29, 1.82) is 0 Å². The molecule has 0 unspecified atom stereocenters. The Morgan fingerprint density at radius 3 is 1.34 bits per heavy atom. The largest absolute Gasteiger partial charge is 0.534 e. The van der Waals surface area contributed by atoms with Crippen LogP contribution in [0.25, 0.3) is 5.57 Å². The quantitative estimate of drug-likeness (QED) is 0.0546. The first-order valence-electron chi connectivity index (χ1n) is 27.9. The maximum absolute atomic E-state index is 13.5. The van der Waals surface area contributed by atoms with Crippen molar-refractivity contribution in [3.63, 3.8) is 0 Å². The van der Waals surface area contributed by atoms with Crippen molar-refractivity contribution in [2.45, 2.75) is 135 Å². The van der Waals surface area contributed by atoms with E-state index < -0.39 is 57.3 Å². The first-order valence-corrected chi connectivity index (χ1v) is 30.9. The highest BCUT2D eigenvalue weighted by molar-refractivity contribution is 7.87. The lowest BCUT2D eigenvalue weighted by atomic mass is 9.80. The molecule has 4 aliphatic heterocycles. The van der Waals surface area contributed by atoms with Gasteiger partial charge in [0.2, 0.25) is 0 Å². The Kier molecular flexibility index (Phi) is 30.2. The number of rotatable bonds is 6. The third-order valence-electron chi connectivity index (χ3n) is 13.1. The van der Waals surface area contributed by atoms with Gasteiger partial charge in [0.15, 0.2) is 0 Å². The van der Waals surface area contributed by atoms with Crippen molar-refractivity contribution in [2.75, 3.05) is 52.4 Å². The summed E-state index contributed by atoms with van der Waals surface area (Å²) in [6, 6.07) is 18.6. The number of carbonyl (C=O) groups excluding carboxylic acids is 3. The molecule has 8 rings (SSSR count). The molecule has 0 aliphatic carbocycles. The van der Waals surface area contributed by atoms with Crippen LogP contribution < -0.4 is 10.8 Å². The molecule has 4 aromatic rings. The molecule has 494 valence electrons. The van der Waals surface area contributed by atoms with Gasteiger partial charge in [-0.2, -0.15) is 21.6 Å². The van der Waals surface area contributed by atoms with E-state index in [4.69, 9.17) is 70.7 Å². The molecule has 0 spiro atoms. The molecule has 0 atom stereocenters. The third-order valence-corrected chi connectivity index (χ3v) is 15.6. The first kappa shape index (κ1) is 78.1. The predicted molar refractivity (Wildman–Crippen MR) is 334 cm³/mol. The van der Waals surface area contributed by atoms with Crippen molar-refractivity contribution in [3.8, 4) is 0 Å².